The molecule has 0 aromatic carbocycles. The van der Waals surface area contributed by atoms with Crippen molar-refractivity contribution in [3.63, 3.8) is 0 Å². The normalized spacial score (nSPS) is 12.8. The lowest BCUT2D eigenvalue weighted by atomic mass is 9.89. The molecular weight excluding hydrogens is 258 g/mol. The summed E-state index contributed by atoms with van der Waals surface area (Å²) in [4.78, 5) is 0. The summed E-state index contributed by atoms with van der Waals surface area (Å²) in [6.07, 6.45) is 12.7. The summed E-state index contributed by atoms with van der Waals surface area (Å²) in [6.45, 7) is 6.45. The van der Waals surface area contributed by atoms with Gasteiger partial charge in [0.2, 0.25) is 10.0 Å². The molecule has 0 radical (unpaired) electrons. The summed E-state index contributed by atoms with van der Waals surface area (Å²) in [5.41, 5.74) is -0.255. The van der Waals surface area contributed by atoms with Crippen LogP contribution in [0, 0.1) is 0 Å². The van der Waals surface area contributed by atoms with Gasteiger partial charge in [0.1, 0.15) is 0 Å². The number of nitrogens with one attached hydrogen (secondary N) is 1. The van der Waals surface area contributed by atoms with E-state index >= 15 is 0 Å². The van der Waals surface area contributed by atoms with Gasteiger partial charge in [-0.3, -0.25) is 0 Å². The summed E-state index contributed by atoms with van der Waals surface area (Å²) in [7, 11) is -3.12. The largest absolute Gasteiger partial charge is 0.213 e. The zero-order chi connectivity index (χ0) is 14.8. The lowest BCUT2D eigenvalue weighted by Gasteiger charge is -2.30. The fraction of sp³-hybridized carbons (Fsp3) is 1.00. The topological polar surface area (TPSA) is 46.2 Å². The molecule has 116 valence electrons. The van der Waals surface area contributed by atoms with Crippen molar-refractivity contribution in [1.82, 2.24) is 4.72 Å². The van der Waals surface area contributed by atoms with Crippen LogP contribution in [0.4, 0.5) is 0 Å². The molecular formula is C15H33NO2S. The molecule has 0 amide bonds. The molecule has 0 rings (SSSR count). The third kappa shape index (κ3) is 11.4. The highest BCUT2D eigenvalue weighted by molar-refractivity contribution is 7.88. The molecule has 0 aliphatic carbocycles. The summed E-state index contributed by atoms with van der Waals surface area (Å²) in [5.74, 6) is 0. The molecule has 0 heterocycles. The molecule has 19 heavy (non-hydrogen) atoms. The molecule has 0 bridgehead atoms. The molecule has 0 atom stereocenters. The highest BCUT2D eigenvalue weighted by Gasteiger charge is 2.26. The Hall–Kier alpha value is -0.0900. The number of hydrogen-bond acceptors (Lipinski definition) is 2. The molecule has 0 aliphatic rings. The number of hydrogen-bond donors (Lipinski definition) is 1. The van der Waals surface area contributed by atoms with Crippen LogP contribution in [0.3, 0.4) is 0 Å². The van der Waals surface area contributed by atoms with E-state index in [9.17, 15) is 8.42 Å². The van der Waals surface area contributed by atoms with E-state index in [1.54, 1.807) is 0 Å². The minimum Gasteiger partial charge on any atom is -0.213 e. The van der Waals surface area contributed by atoms with Gasteiger partial charge < -0.3 is 0 Å². The maximum Gasteiger partial charge on any atom is 0.209 e. The first-order chi connectivity index (χ1) is 8.83. The smallest absolute Gasteiger partial charge is 0.209 e. The molecule has 0 aliphatic heterocycles. The van der Waals surface area contributed by atoms with Gasteiger partial charge in [-0.2, -0.15) is 0 Å². The molecule has 0 aromatic heterocycles. The van der Waals surface area contributed by atoms with Crippen molar-refractivity contribution < 1.29 is 8.42 Å². The number of sulfonamides is 1. The van der Waals surface area contributed by atoms with Crippen molar-refractivity contribution in [1.29, 1.82) is 0 Å². The van der Waals surface area contributed by atoms with Gasteiger partial charge in [-0.1, -0.05) is 65.2 Å². The standard InChI is InChI=1S/C15H33NO2S/c1-5-7-9-11-13-15(3,16-19(4,17)18)14-12-10-8-6-2/h16H,5-14H2,1-4H3. The quantitative estimate of drug-likeness (QED) is 0.547. The molecule has 0 aromatic rings. The van der Waals surface area contributed by atoms with Crippen LogP contribution in [-0.2, 0) is 10.0 Å². The first kappa shape index (κ1) is 18.9. The van der Waals surface area contributed by atoms with Crippen molar-refractivity contribution in [2.24, 2.45) is 0 Å². The minimum atomic E-state index is -3.12. The van der Waals surface area contributed by atoms with Gasteiger partial charge in [-0.25, -0.2) is 13.1 Å². The van der Waals surface area contributed by atoms with Crippen LogP contribution in [-0.4, -0.2) is 20.2 Å². The Labute approximate surface area is 120 Å². The minimum absolute atomic E-state index is 0.255. The van der Waals surface area contributed by atoms with Crippen LogP contribution in [0.5, 0.6) is 0 Å². The highest BCUT2D eigenvalue weighted by Crippen LogP contribution is 2.23. The van der Waals surface area contributed by atoms with Gasteiger partial charge in [0.15, 0.2) is 0 Å². The van der Waals surface area contributed by atoms with Gasteiger partial charge in [0.25, 0.3) is 0 Å². The monoisotopic (exact) mass is 291 g/mol. The lowest BCUT2D eigenvalue weighted by molar-refractivity contribution is 0.333. The highest BCUT2D eigenvalue weighted by atomic mass is 32.2. The Kier molecular flexibility index (Phi) is 9.71. The Bertz CT molecular complexity index is 300. The van der Waals surface area contributed by atoms with Crippen molar-refractivity contribution in [3.8, 4) is 0 Å². The van der Waals surface area contributed by atoms with E-state index < -0.39 is 10.0 Å². The van der Waals surface area contributed by atoms with Crippen LogP contribution in [0.1, 0.15) is 85.0 Å². The van der Waals surface area contributed by atoms with E-state index in [4.69, 9.17) is 0 Å². The summed E-state index contributed by atoms with van der Waals surface area (Å²) in [6, 6.07) is 0. The van der Waals surface area contributed by atoms with E-state index in [0.29, 0.717) is 0 Å². The van der Waals surface area contributed by atoms with Gasteiger partial charge in [0.05, 0.1) is 6.26 Å². The summed E-state index contributed by atoms with van der Waals surface area (Å²) >= 11 is 0. The number of unbranched alkanes of at least 4 members (excludes halogenated alkanes) is 6. The van der Waals surface area contributed by atoms with Crippen molar-refractivity contribution in [2.75, 3.05) is 6.26 Å². The van der Waals surface area contributed by atoms with Crippen LogP contribution < -0.4 is 4.72 Å². The van der Waals surface area contributed by atoms with Crippen molar-refractivity contribution >= 4 is 10.0 Å². The lowest BCUT2D eigenvalue weighted by Crippen LogP contribution is -2.45. The van der Waals surface area contributed by atoms with E-state index in [1.165, 1.54) is 44.8 Å². The Morgan fingerprint density at radius 3 is 1.58 bits per heavy atom. The van der Waals surface area contributed by atoms with Crippen LogP contribution >= 0.6 is 0 Å². The fourth-order valence-corrected chi connectivity index (χ4v) is 3.66. The fourth-order valence-electron chi connectivity index (χ4n) is 2.56. The zero-order valence-corrected chi connectivity index (χ0v) is 14.1. The van der Waals surface area contributed by atoms with Gasteiger partial charge >= 0.3 is 0 Å². The van der Waals surface area contributed by atoms with E-state index in [2.05, 4.69) is 25.5 Å². The SMILES string of the molecule is CCCCCCC(C)(CCCCCC)NS(C)(=O)=O. The average molecular weight is 292 g/mol. The molecule has 1 N–H and O–H groups in total. The Morgan fingerprint density at radius 2 is 1.26 bits per heavy atom. The second kappa shape index (κ2) is 9.76. The maximum atomic E-state index is 11.5. The summed E-state index contributed by atoms with van der Waals surface area (Å²) < 4.78 is 25.9. The van der Waals surface area contributed by atoms with Crippen LogP contribution in [0.15, 0.2) is 0 Å². The van der Waals surface area contributed by atoms with Gasteiger partial charge in [-0.05, 0) is 19.8 Å². The van der Waals surface area contributed by atoms with Gasteiger partial charge in [0, 0.05) is 5.54 Å². The second-order valence-corrected chi connectivity index (χ2v) is 7.80. The maximum absolute atomic E-state index is 11.5. The molecule has 3 nitrogen and oxygen atoms in total. The van der Waals surface area contributed by atoms with Gasteiger partial charge in [-0.15, -0.1) is 0 Å². The van der Waals surface area contributed by atoms with E-state index in [-0.39, 0.29) is 5.54 Å². The van der Waals surface area contributed by atoms with Crippen LogP contribution in [0.25, 0.3) is 0 Å². The van der Waals surface area contributed by atoms with Crippen molar-refractivity contribution in [2.45, 2.75) is 90.5 Å². The first-order valence-electron chi connectivity index (χ1n) is 7.82. The molecule has 4 heteroatoms. The first-order valence-corrected chi connectivity index (χ1v) is 9.71. The molecule has 0 saturated carbocycles. The van der Waals surface area contributed by atoms with Crippen LogP contribution in [0.2, 0.25) is 0 Å². The van der Waals surface area contributed by atoms with Crippen molar-refractivity contribution in [3.05, 3.63) is 0 Å². The predicted octanol–water partition coefficient (Wildman–Crippen LogP) is 4.24. The second-order valence-electron chi connectivity index (χ2n) is 6.06. The average Bonchev–Trinajstić information content (AvgIpc) is 2.28. The third-order valence-corrected chi connectivity index (χ3v) is 4.46. The predicted molar refractivity (Wildman–Crippen MR) is 83.9 cm³/mol. The molecule has 0 spiro atoms. The van der Waals surface area contributed by atoms with E-state index in [1.807, 2.05) is 0 Å². The Morgan fingerprint density at radius 1 is 0.842 bits per heavy atom. The number of rotatable bonds is 12. The zero-order valence-electron chi connectivity index (χ0n) is 13.3. The summed E-state index contributed by atoms with van der Waals surface area (Å²) in [5, 5.41) is 0. The molecule has 0 fully saturated rings. The third-order valence-electron chi connectivity index (χ3n) is 3.60. The molecule has 0 unspecified atom stereocenters. The van der Waals surface area contributed by atoms with E-state index in [0.717, 1.165) is 25.7 Å². The molecule has 0 saturated heterocycles. The Balaban J connectivity index is 4.27.